The van der Waals surface area contributed by atoms with E-state index in [1.165, 1.54) is 16.7 Å². The van der Waals surface area contributed by atoms with Crippen LogP contribution in [0.3, 0.4) is 0 Å². The molecule has 1 N–H and O–H groups in total. The predicted octanol–water partition coefficient (Wildman–Crippen LogP) is 4.59. The fourth-order valence-electron chi connectivity index (χ4n) is 2.70. The molecule has 1 nitrogen and oxygen atoms in total. The maximum absolute atomic E-state index is 9.95. The SMILES string of the molecule is CCCC(O)CC1=CCC(C)C(c2ccccc2)=C1. The summed E-state index contributed by atoms with van der Waals surface area (Å²) in [7, 11) is 0. The van der Waals surface area contributed by atoms with E-state index in [2.05, 4.69) is 56.3 Å². The minimum absolute atomic E-state index is 0.196. The predicted molar refractivity (Wildman–Crippen MR) is 81.8 cm³/mol. The number of allylic oxidation sites excluding steroid dienone is 3. The van der Waals surface area contributed by atoms with E-state index in [-0.39, 0.29) is 6.10 Å². The van der Waals surface area contributed by atoms with Gasteiger partial charge in [-0.05, 0) is 41.9 Å². The lowest BCUT2D eigenvalue weighted by Gasteiger charge is -2.22. The summed E-state index contributed by atoms with van der Waals surface area (Å²) >= 11 is 0. The van der Waals surface area contributed by atoms with Crippen molar-refractivity contribution in [3.8, 4) is 0 Å². The average Bonchev–Trinajstić information content (AvgIpc) is 2.42. The van der Waals surface area contributed by atoms with Crippen LogP contribution < -0.4 is 0 Å². The Hall–Kier alpha value is -1.34. The monoisotopic (exact) mass is 256 g/mol. The third-order valence-electron chi connectivity index (χ3n) is 3.81. The molecule has 1 heteroatoms. The van der Waals surface area contributed by atoms with Gasteiger partial charge >= 0.3 is 0 Å². The molecule has 1 aliphatic rings. The molecule has 2 rings (SSSR count). The topological polar surface area (TPSA) is 20.2 Å². The van der Waals surface area contributed by atoms with Crippen molar-refractivity contribution in [2.24, 2.45) is 5.92 Å². The first-order valence-electron chi connectivity index (χ1n) is 7.34. The van der Waals surface area contributed by atoms with Crippen LogP contribution in [0.2, 0.25) is 0 Å². The zero-order chi connectivity index (χ0) is 13.7. The molecule has 0 spiro atoms. The lowest BCUT2D eigenvalue weighted by Crippen LogP contribution is -2.10. The molecule has 0 fully saturated rings. The third kappa shape index (κ3) is 3.81. The zero-order valence-electron chi connectivity index (χ0n) is 12.0. The Morgan fingerprint density at radius 3 is 2.68 bits per heavy atom. The van der Waals surface area contributed by atoms with Crippen molar-refractivity contribution in [1.29, 1.82) is 0 Å². The number of aliphatic hydroxyl groups is 1. The van der Waals surface area contributed by atoms with Crippen LogP contribution in [0, 0.1) is 5.92 Å². The normalized spacial score (nSPS) is 20.7. The van der Waals surface area contributed by atoms with Crippen molar-refractivity contribution in [2.45, 2.75) is 45.6 Å². The summed E-state index contributed by atoms with van der Waals surface area (Å²) in [6, 6.07) is 10.6. The Balaban J connectivity index is 2.14. The molecule has 1 aromatic carbocycles. The Kier molecular flexibility index (Phi) is 4.98. The molecule has 2 atom stereocenters. The third-order valence-corrected chi connectivity index (χ3v) is 3.81. The van der Waals surface area contributed by atoms with Crippen LogP contribution in [0.1, 0.15) is 45.1 Å². The smallest absolute Gasteiger partial charge is 0.0580 e. The van der Waals surface area contributed by atoms with Crippen LogP contribution in [-0.4, -0.2) is 11.2 Å². The molecule has 0 saturated carbocycles. The molecule has 0 heterocycles. The van der Waals surface area contributed by atoms with E-state index in [0.29, 0.717) is 5.92 Å². The van der Waals surface area contributed by atoms with E-state index in [0.717, 1.165) is 25.7 Å². The van der Waals surface area contributed by atoms with Gasteiger partial charge in [-0.15, -0.1) is 0 Å². The molecule has 19 heavy (non-hydrogen) atoms. The molecule has 0 radical (unpaired) electrons. The maximum Gasteiger partial charge on any atom is 0.0580 e. The number of hydrogen-bond acceptors (Lipinski definition) is 1. The molecular formula is C18H24O. The number of benzene rings is 1. The highest BCUT2D eigenvalue weighted by Crippen LogP contribution is 2.33. The van der Waals surface area contributed by atoms with Gasteiger partial charge in [-0.2, -0.15) is 0 Å². The first-order valence-corrected chi connectivity index (χ1v) is 7.34. The molecule has 0 aromatic heterocycles. The molecule has 1 aromatic rings. The molecule has 0 bridgehead atoms. The van der Waals surface area contributed by atoms with E-state index in [4.69, 9.17) is 0 Å². The van der Waals surface area contributed by atoms with Crippen molar-refractivity contribution in [3.63, 3.8) is 0 Å². The van der Waals surface area contributed by atoms with Gasteiger partial charge in [-0.1, -0.05) is 62.8 Å². The number of aliphatic hydroxyl groups excluding tert-OH is 1. The second-order valence-electron chi connectivity index (χ2n) is 5.53. The van der Waals surface area contributed by atoms with Crippen LogP contribution >= 0.6 is 0 Å². The summed E-state index contributed by atoms with van der Waals surface area (Å²) in [6.45, 7) is 4.39. The standard InChI is InChI=1S/C18H24O/c1-3-7-17(19)12-15-11-10-14(2)18(13-15)16-8-5-4-6-9-16/h4-6,8-9,11,13-14,17,19H,3,7,10,12H2,1-2H3. The van der Waals surface area contributed by atoms with Gasteiger partial charge in [0, 0.05) is 0 Å². The largest absolute Gasteiger partial charge is 0.393 e. The van der Waals surface area contributed by atoms with Crippen LogP contribution in [0.15, 0.2) is 48.1 Å². The number of hydrogen-bond donors (Lipinski definition) is 1. The van der Waals surface area contributed by atoms with E-state index in [9.17, 15) is 5.11 Å². The van der Waals surface area contributed by atoms with E-state index < -0.39 is 0 Å². The van der Waals surface area contributed by atoms with Gasteiger partial charge in [0.15, 0.2) is 0 Å². The highest BCUT2D eigenvalue weighted by atomic mass is 16.3. The van der Waals surface area contributed by atoms with Gasteiger partial charge in [-0.25, -0.2) is 0 Å². The minimum atomic E-state index is -0.196. The molecule has 0 amide bonds. The van der Waals surface area contributed by atoms with Gasteiger partial charge in [0.25, 0.3) is 0 Å². The van der Waals surface area contributed by atoms with Gasteiger partial charge in [0.05, 0.1) is 6.10 Å². The Morgan fingerprint density at radius 1 is 1.26 bits per heavy atom. The van der Waals surface area contributed by atoms with Crippen molar-refractivity contribution in [1.82, 2.24) is 0 Å². The summed E-state index contributed by atoms with van der Waals surface area (Å²) in [6.07, 6.45) is 8.17. The first-order chi connectivity index (χ1) is 9.20. The second-order valence-corrected chi connectivity index (χ2v) is 5.53. The van der Waals surface area contributed by atoms with Gasteiger partial charge < -0.3 is 5.11 Å². The summed E-state index contributed by atoms with van der Waals surface area (Å²) in [4.78, 5) is 0. The van der Waals surface area contributed by atoms with Crippen molar-refractivity contribution < 1.29 is 5.11 Å². The highest BCUT2D eigenvalue weighted by Gasteiger charge is 2.16. The first kappa shape index (κ1) is 14.1. The maximum atomic E-state index is 9.95. The number of rotatable bonds is 5. The molecule has 0 saturated heterocycles. The fourth-order valence-corrected chi connectivity index (χ4v) is 2.70. The lowest BCUT2D eigenvalue weighted by atomic mass is 9.84. The van der Waals surface area contributed by atoms with Gasteiger partial charge in [0.1, 0.15) is 0 Å². The highest BCUT2D eigenvalue weighted by molar-refractivity contribution is 5.71. The fraction of sp³-hybridized carbons (Fsp3) is 0.444. The summed E-state index contributed by atoms with van der Waals surface area (Å²) in [5.74, 6) is 0.564. The van der Waals surface area contributed by atoms with E-state index in [1.54, 1.807) is 0 Å². The molecule has 2 unspecified atom stereocenters. The van der Waals surface area contributed by atoms with Crippen LogP contribution in [0.4, 0.5) is 0 Å². The zero-order valence-corrected chi connectivity index (χ0v) is 12.0. The van der Waals surface area contributed by atoms with Gasteiger partial charge in [-0.3, -0.25) is 0 Å². The van der Waals surface area contributed by atoms with E-state index >= 15 is 0 Å². The quantitative estimate of drug-likeness (QED) is 0.817. The van der Waals surface area contributed by atoms with Gasteiger partial charge in [0.2, 0.25) is 0 Å². The van der Waals surface area contributed by atoms with Crippen molar-refractivity contribution in [3.05, 3.63) is 53.6 Å². The van der Waals surface area contributed by atoms with Crippen LogP contribution in [0.25, 0.3) is 5.57 Å². The molecular weight excluding hydrogens is 232 g/mol. The Bertz CT molecular complexity index is 456. The minimum Gasteiger partial charge on any atom is -0.393 e. The van der Waals surface area contributed by atoms with Crippen LogP contribution in [0.5, 0.6) is 0 Å². The Morgan fingerprint density at radius 2 is 2.00 bits per heavy atom. The summed E-state index contributed by atoms with van der Waals surface area (Å²) in [5, 5.41) is 9.95. The summed E-state index contributed by atoms with van der Waals surface area (Å²) < 4.78 is 0. The van der Waals surface area contributed by atoms with Crippen molar-refractivity contribution >= 4 is 5.57 Å². The van der Waals surface area contributed by atoms with Crippen molar-refractivity contribution in [2.75, 3.05) is 0 Å². The van der Waals surface area contributed by atoms with Crippen LogP contribution in [-0.2, 0) is 0 Å². The summed E-state index contributed by atoms with van der Waals surface area (Å²) in [5.41, 5.74) is 4.00. The lowest BCUT2D eigenvalue weighted by molar-refractivity contribution is 0.164. The molecule has 1 aliphatic carbocycles. The average molecular weight is 256 g/mol. The Labute approximate surface area is 116 Å². The van der Waals surface area contributed by atoms with E-state index in [1.807, 2.05) is 0 Å². The molecule has 102 valence electrons. The molecule has 0 aliphatic heterocycles. The second kappa shape index (κ2) is 6.72.